The number of rotatable bonds is 7. The van der Waals surface area contributed by atoms with Gasteiger partial charge in [0.15, 0.2) is 0 Å². The first kappa shape index (κ1) is 15.9. The van der Waals surface area contributed by atoms with E-state index in [0.29, 0.717) is 5.41 Å². The minimum absolute atomic E-state index is 0.0122. The second-order valence-electron chi connectivity index (χ2n) is 6.73. The molecule has 1 unspecified atom stereocenters. The van der Waals surface area contributed by atoms with Crippen LogP contribution in [0.1, 0.15) is 60.3 Å². The molecule has 0 aliphatic heterocycles. The Morgan fingerprint density at radius 2 is 1.56 bits per heavy atom. The number of hydrogen-bond donors (Lipinski definition) is 1. The maximum absolute atomic E-state index is 6.14. The minimum Gasteiger partial charge on any atom is -0.325 e. The highest BCUT2D eigenvalue weighted by molar-refractivity contribution is 4.77. The van der Waals surface area contributed by atoms with Crippen molar-refractivity contribution >= 4 is 0 Å². The summed E-state index contributed by atoms with van der Waals surface area (Å²) in [6.07, 6.45) is 4.73. The molecule has 2 heteroatoms. The molecule has 1 atom stereocenters. The Balaban J connectivity index is 3.64. The molecule has 0 amide bonds. The Hall–Kier alpha value is -0.0800. The number of nitrogens with two attached hydrogens (primary N) is 1. The fourth-order valence-electron chi connectivity index (χ4n) is 1.61. The van der Waals surface area contributed by atoms with Gasteiger partial charge in [-0.3, -0.25) is 0 Å². The van der Waals surface area contributed by atoms with Crippen LogP contribution < -0.4 is 5.73 Å². The normalized spacial score (nSPS) is 16.5. The molecule has 0 fully saturated rings. The lowest BCUT2D eigenvalue weighted by atomic mass is 9.90. The lowest BCUT2D eigenvalue weighted by Crippen LogP contribution is -2.39. The average Bonchev–Trinajstić information content (AvgIpc) is 2.13. The molecule has 0 bridgehead atoms. The predicted octanol–water partition coefficient (Wildman–Crippen LogP) is 3.26. The van der Waals surface area contributed by atoms with Gasteiger partial charge >= 0.3 is 0 Å². The van der Waals surface area contributed by atoms with Gasteiger partial charge < -0.3 is 10.6 Å². The fraction of sp³-hybridized carbons (Fsp3) is 1.00. The van der Waals surface area contributed by atoms with Gasteiger partial charge in [0.05, 0.1) is 0 Å². The van der Waals surface area contributed by atoms with Crippen LogP contribution in [0.25, 0.3) is 0 Å². The van der Waals surface area contributed by atoms with E-state index in [1.165, 1.54) is 19.4 Å². The summed E-state index contributed by atoms with van der Waals surface area (Å²) in [4.78, 5) is 2.41. The topological polar surface area (TPSA) is 29.3 Å². The van der Waals surface area contributed by atoms with E-state index in [9.17, 15) is 0 Å². The lowest BCUT2D eigenvalue weighted by Gasteiger charge is -2.27. The summed E-state index contributed by atoms with van der Waals surface area (Å²) in [5, 5.41) is 0. The molecule has 0 rings (SSSR count). The van der Waals surface area contributed by atoms with Gasteiger partial charge in [-0.05, 0) is 58.2 Å². The highest BCUT2D eigenvalue weighted by atomic mass is 15.1. The molecule has 0 spiro atoms. The number of nitrogens with zero attached hydrogens (tertiary/aromatic N) is 1. The summed E-state index contributed by atoms with van der Waals surface area (Å²) in [5.74, 6) is 0. The van der Waals surface area contributed by atoms with Gasteiger partial charge in [0.1, 0.15) is 0 Å². The van der Waals surface area contributed by atoms with Crippen LogP contribution in [0.5, 0.6) is 0 Å². The van der Waals surface area contributed by atoms with Crippen LogP contribution >= 0.6 is 0 Å². The smallest absolute Gasteiger partial charge is 0.0135 e. The summed E-state index contributed by atoms with van der Waals surface area (Å²) in [6.45, 7) is 13.5. The van der Waals surface area contributed by atoms with Crippen molar-refractivity contribution in [1.29, 1.82) is 0 Å². The molecule has 0 radical (unpaired) electrons. The lowest BCUT2D eigenvalue weighted by molar-refractivity contribution is 0.260. The predicted molar refractivity (Wildman–Crippen MR) is 73.7 cm³/mol. The van der Waals surface area contributed by atoms with Crippen LogP contribution in [0.2, 0.25) is 0 Å². The molecule has 0 aromatic heterocycles. The van der Waals surface area contributed by atoms with Gasteiger partial charge in [-0.15, -0.1) is 0 Å². The van der Waals surface area contributed by atoms with E-state index in [2.05, 4.69) is 46.6 Å². The molecule has 0 heterocycles. The molecule has 0 saturated carbocycles. The maximum atomic E-state index is 6.14. The van der Waals surface area contributed by atoms with Crippen molar-refractivity contribution in [3.05, 3.63) is 0 Å². The van der Waals surface area contributed by atoms with E-state index < -0.39 is 0 Å². The van der Waals surface area contributed by atoms with Crippen molar-refractivity contribution in [2.45, 2.75) is 65.8 Å². The second-order valence-corrected chi connectivity index (χ2v) is 6.73. The summed E-state index contributed by atoms with van der Waals surface area (Å²) < 4.78 is 0. The van der Waals surface area contributed by atoms with Gasteiger partial charge in [0.2, 0.25) is 0 Å². The van der Waals surface area contributed by atoms with Gasteiger partial charge in [-0.2, -0.15) is 0 Å². The van der Waals surface area contributed by atoms with Crippen molar-refractivity contribution in [1.82, 2.24) is 4.90 Å². The molecule has 0 saturated heterocycles. The first-order chi connectivity index (χ1) is 7.16. The van der Waals surface area contributed by atoms with Crippen molar-refractivity contribution in [2.75, 3.05) is 20.1 Å². The molecule has 0 aromatic rings. The monoisotopic (exact) mass is 228 g/mol. The van der Waals surface area contributed by atoms with Crippen LogP contribution in [0.15, 0.2) is 0 Å². The molecule has 0 aliphatic carbocycles. The van der Waals surface area contributed by atoms with Gasteiger partial charge in [-0.1, -0.05) is 27.7 Å². The van der Waals surface area contributed by atoms with Crippen molar-refractivity contribution < 1.29 is 0 Å². The van der Waals surface area contributed by atoms with E-state index >= 15 is 0 Å². The first-order valence-corrected chi connectivity index (χ1v) is 6.64. The molecule has 16 heavy (non-hydrogen) atoms. The molecule has 2 N–H and O–H groups in total. The Morgan fingerprint density at radius 3 is 2.00 bits per heavy atom. The zero-order valence-corrected chi connectivity index (χ0v) is 12.3. The minimum atomic E-state index is 0.0122. The maximum Gasteiger partial charge on any atom is 0.0135 e. The van der Waals surface area contributed by atoms with Gasteiger partial charge in [0, 0.05) is 5.54 Å². The molecular weight excluding hydrogens is 196 g/mol. The molecule has 2 nitrogen and oxygen atoms in total. The van der Waals surface area contributed by atoms with Gasteiger partial charge in [-0.25, -0.2) is 0 Å². The van der Waals surface area contributed by atoms with Crippen LogP contribution in [-0.2, 0) is 0 Å². The van der Waals surface area contributed by atoms with Crippen LogP contribution in [-0.4, -0.2) is 30.6 Å². The van der Waals surface area contributed by atoms with E-state index in [0.717, 1.165) is 19.4 Å². The van der Waals surface area contributed by atoms with Crippen molar-refractivity contribution in [3.8, 4) is 0 Å². The Labute approximate surface area is 103 Å². The Morgan fingerprint density at radius 1 is 1.00 bits per heavy atom. The van der Waals surface area contributed by atoms with Crippen LogP contribution in [0.3, 0.4) is 0 Å². The summed E-state index contributed by atoms with van der Waals surface area (Å²) >= 11 is 0. The van der Waals surface area contributed by atoms with E-state index in [-0.39, 0.29) is 5.54 Å². The zero-order valence-electron chi connectivity index (χ0n) is 12.3. The standard InChI is InChI=1S/C14H32N2/c1-7-14(5,15)10-12-16(6)11-8-9-13(2,3)4/h7-12,15H2,1-6H3. The quantitative estimate of drug-likeness (QED) is 0.724. The highest BCUT2D eigenvalue weighted by Crippen LogP contribution is 2.20. The first-order valence-electron chi connectivity index (χ1n) is 6.64. The molecule has 0 aromatic carbocycles. The third-order valence-electron chi connectivity index (χ3n) is 3.34. The largest absolute Gasteiger partial charge is 0.325 e. The summed E-state index contributed by atoms with van der Waals surface area (Å²) in [6, 6.07) is 0. The molecular formula is C14H32N2. The summed E-state index contributed by atoms with van der Waals surface area (Å²) in [5.41, 5.74) is 6.61. The Kier molecular flexibility index (Phi) is 6.57. The third-order valence-corrected chi connectivity index (χ3v) is 3.34. The molecule has 98 valence electrons. The second kappa shape index (κ2) is 6.61. The van der Waals surface area contributed by atoms with E-state index in [1.807, 2.05) is 0 Å². The third kappa shape index (κ3) is 9.17. The number of hydrogen-bond acceptors (Lipinski definition) is 2. The fourth-order valence-corrected chi connectivity index (χ4v) is 1.61. The molecule has 0 aliphatic rings. The Bertz CT molecular complexity index is 180. The van der Waals surface area contributed by atoms with Gasteiger partial charge in [0.25, 0.3) is 0 Å². The average molecular weight is 228 g/mol. The van der Waals surface area contributed by atoms with E-state index in [4.69, 9.17) is 5.73 Å². The van der Waals surface area contributed by atoms with Crippen molar-refractivity contribution in [2.24, 2.45) is 11.1 Å². The zero-order chi connectivity index (χ0) is 12.8. The highest BCUT2D eigenvalue weighted by Gasteiger charge is 2.16. The van der Waals surface area contributed by atoms with Crippen LogP contribution in [0, 0.1) is 5.41 Å². The van der Waals surface area contributed by atoms with Crippen molar-refractivity contribution in [3.63, 3.8) is 0 Å². The van der Waals surface area contributed by atoms with E-state index in [1.54, 1.807) is 0 Å². The SMILES string of the molecule is CCC(C)(N)CCN(C)CCCC(C)(C)C. The summed E-state index contributed by atoms with van der Waals surface area (Å²) in [7, 11) is 2.20. The van der Waals surface area contributed by atoms with Crippen LogP contribution in [0.4, 0.5) is 0 Å².